The molecule has 0 radical (unpaired) electrons. The second kappa shape index (κ2) is 12.6. The van der Waals surface area contributed by atoms with E-state index in [1.165, 1.54) is 11.8 Å². The average Bonchev–Trinajstić information content (AvgIpc) is 3.26. The first-order chi connectivity index (χ1) is 19.2. The molecule has 1 atom stereocenters. The Balaban J connectivity index is 1.51. The van der Waals surface area contributed by atoms with Gasteiger partial charge in [0.1, 0.15) is 0 Å². The molecule has 2 aliphatic rings. The normalized spacial score (nSPS) is 18.1. The van der Waals surface area contributed by atoms with Gasteiger partial charge in [-0.2, -0.15) is 0 Å². The van der Waals surface area contributed by atoms with Crippen LogP contribution in [-0.2, 0) is 22.9 Å². The van der Waals surface area contributed by atoms with Gasteiger partial charge < -0.3 is 4.90 Å². The summed E-state index contributed by atoms with van der Waals surface area (Å²) < 4.78 is 39.0. The van der Waals surface area contributed by atoms with Crippen molar-refractivity contribution in [3.63, 3.8) is 0 Å². The third-order valence-corrected chi connectivity index (χ3v) is 9.01. The van der Waals surface area contributed by atoms with E-state index in [-0.39, 0.29) is 6.67 Å². The van der Waals surface area contributed by atoms with Crippen molar-refractivity contribution in [2.24, 2.45) is 5.92 Å². The van der Waals surface area contributed by atoms with Crippen LogP contribution in [0.15, 0.2) is 60.7 Å². The largest absolute Gasteiger partial charge is 0.303 e. The Kier molecular flexibility index (Phi) is 9.21. The number of likely N-dealkylation sites (tertiary alicyclic amines) is 1. The number of hydrogen-bond acceptors (Lipinski definition) is 3. The molecule has 3 aromatic rings. The highest BCUT2D eigenvalue weighted by atomic mass is 35.5. The fourth-order valence-corrected chi connectivity index (χ4v) is 7.18. The van der Waals surface area contributed by atoms with Gasteiger partial charge in [-0.25, -0.2) is 8.42 Å². The minimum atomic E-state index is -3.38. The minimum Gasteiger partial charge on any atom is -0.303 e. The molecule has 1 saturated heterocycles. The molecule has 40 heavy (non-hydrogen) atoms. The number of rotatable bonds is 9. The second-order valence-electron chi connectivity index (χ2n) is 11.0. The van der Waals surface area contributed by atoms with E-state index in [0.29, 0.717) is 28.1 Å². The number of alkyl halides is 1. The lowest BCUT2D eigenvalue weighted by Gasteiger charge is -2.19. The highest BCUT2D eigenvalue weighted by Gasteiger charge is 2.24. The molecule has 212 valence electrons. The summed E-state index contributed by atoms with van der Waals surface area (Å²) in [7, 11) is -3.38. The average molecular weight is 602 g/mol. The summed E-state index contributed by atoms with van der Waals surface area (Å²) in [5.41, 5.74) is 8.42. The lowest BCUT2D eigenvalue weighted by Crippen LogP contribution is -2.22. The standard InChI is InChI=1S/C32H35Cl2FN2O2S/c1-40(38,39)36-27-11-13-28-25(19-27)4-2-5-30(29-12-10-26(33)20-31(29)34)32(28)24-8-6-22(7-9-24)18-23-14-17-37(21-23)16-3-15-35/h6-13,19-20,23,36H,2-5,14-18,21H2,1H3/t23-/m1/s1. The van der Waals surface area contributed by atoms with Gasteiger partial charge >= 0.3 is 0 Å². The summed E-state index contributed by atoms with van der Waals surface area (Å²) in [6, 6.07) is 20.3. The highest BCUT2D eigenvalue weighted by Crippen LogP contribution is 2.43. The SMILES string of the molecule is CS(=O)(=O)Nc1ccc2c(c1)CCCC(c1ccc(Cl)cc1Cl)=C2c1ccc(C[C@H]2CCN(CCCF)C2)cc1. The van der Waals surface area contributed by atoms with Crippen molar-refractivity contribution in [3.8, 4) is 0 Å². The zero-order valence-electron chi connectivity index (χ0n) is 22.7. The maximum Gasteiger partial charge on any atom is 0.229 e. The smallest absolute Gasteiger partial charge is 0.229 e. The maximum absolute atomic E-state index is 12.6. The number of aryl methyl sites for hydroxylation is 1. The van der Waals surface area contributed by atoms with Gasteiger partial charge in [0.25, 0.3) is 0 Å². The number of halogens is 3. The molecule has 1 aliphatic carbocycles. The van der Waals surface area contributed by atoms with Crippen molar-refractivity contribution < 1.29 is 12.8 Å². The van der Waals surface area contributed by atoms with Crippen LogP contribution in [0.4, 0.5) is 10.1 Å². The molecule has 4 nitrogen and oxygen atoms in total. The van der Waals surface area contributed by atoms with E-state index in [0.717, 1.165) is 85.1 Å². The van der Waals surface area contributed by atoms with E-state index in [4.69, 9.17) is 23.2 Å². The topological polar surface area (TPSA) is 49.4 Å². The fraction of sp³-hybridized carbons (Fsp3) is 0.375. The Labute approximate surface area is 247 Å². The van der Waals surface area contributed by atoms with Gasteiger partial charge in [-0.05, 0) is 114 Å². The Bertz CT molecular complexity index is 1510. The van der Waals surface area contributed by atoms with Gasteiger partial charge in [0, 0.05) is 28.8 Å². The summed E-state index contributed by atoms with van der Waals surface area (Å²) in [6.07, 6.45) is 6.51. The Hall–Kier alpha value is -2.38. The van der Waals surface area contributed by atoms with Crippen molar-refractivity contribution in [1.82, 2.24) is 4.90 Å². The van der Waals surface area contributed by atoms with Crippen LogP contribution < -0.4 is 4.72 Å². The van der Waals surface area contributed by atoms with Crippen LogP contribution in [-0.4, -0.2) is 45.9 Å². The van der Waals surface area contributed by atoms with Crippen LogP contribution in [0.25, 0.3) is 11.1 Å². The second-order valence-corrected chi connectivity index (χ2v) is 13.6. The molecule has 1 fully saturated rings. The molecule has 3 aromatic carbocycles. The number of nitrogens with one attached hydrogen (secondary N) is 1. The quantitative estimate of drug-likeness (QED) is 0.272. The van der Waals surface area contributed by atoms with Crippen LogP contribution in [0.5, 0.6) is 0 Å². The van der Waals surface area contributed by atoms with Crippen LogP contribution in [0.2, 0.25) is 10.0 Å². The molecule has 1 N–H and O–H groups in total. The van der Waals surface area contributed by atoms with E-state index in [1.807, 2.05) is 30.3 Å². The summed E-state index contributed by atoms with van der Waals surface area (Å²) in [5, 5.41) is 1.22. The third-order valence-electron chi connectivity index (χ3n) is 7.85. The van der Waals surface area contributed by atoms with Crippen LogP contribution in [0.3, 0.4) is 0 Å². The van der Waals surface area contributed by atoms with Crippen molar-refractivity contribution >= 4 is 50.1 Å². The zero-order chi connectivity index (χ0) is 28.3. The Morgan fingerprint density at radius 1 is 1.00 bits per heavy atom. The van der Waals surface area contributed by atoms with Crippen LogP contribution >= 0.6 is 23.2 Å². The third kappa shape index (κ3) is 7.09. The van der Waals surface area contributed by atoms with Crippen LogP contribution in [0.1, 0.15) is 53.5 Å². The van der Waals surface area contributed by atoms with Gasteiger partial charge in [-0.3, -0.25) is 9.11 Å². The lowest BCUT2D eigenvalue weighted by atomic mass is 9.87. The van der Waals surface area contributed by atoms with Crippen LogP contribution in [0, 0.1) is 5.92 Å². The van der Waals surface area contributed by atoms with E-state index in [2.05, 4.69) is 33.9 Å². The zero-order valence-corrected chi connectivity index (χ0v) is 25.1. The molecule has 0 bridgehead atoms. The number of nitrogens with zero attached hydrogens (tertiary/aromatic N) is 1. The van der Waals surface area contributed by atoms with Crippen molar-refractivity contribution in [1.29, 1.82) is 0 Å². The monoisotopic (exact) mass is 600 g/mol. The van der Waals surface area contributed by atoms with Gasteiger partial charge in [0.05, 0.1) is 12.9 Å². The molecule has 0 aromatic heterocycles. The summed E-state index contributed by atoms with van der Waals surface area (Å²) in [6.45, 7) is 2.68. The molecule has 8 heteroatoms. The van der Waals surface area contributed by atoms with Gasteiger partial charge in [-0.1, -0.05) is 59.6 Å². The Morgan fingerprint density at radius 3 is 2.50 bits per heavy atom. The highest BCUT2D eigenvalue weighted by molar-refractivity contribution is 7.92. The summed E-state index contributed by atoms with van der Waals surface area (Å²) in [4.78, 5) is 2.38. The number of hydrogen-bond donors (Lipinski definition) is 1. The first-order valence-corrected chi connectivity index (χ1v) is 16.5. The van der Waals surface area contributed by atoms with E-state index >= 15 is 0 Å². The van der Waals surface area contributed by atoms with Gasteiger partial charge in [-0.15, -0.1) is 0 Å². The molecule has 0 amide bonds. The summed E-state index contributed by atoms with van der Waals surface area (Å²) in [5.74, 6) is 0.590. The first-order valence-electron chi connectivity index (χ1n) is 13.9. The van der Waals surface area contributed by atoms with Gasteiger partial charge in [0.2, 0.25) is 10.0 Å². The predicted octanol–water partition coefficient (Wildman–Crippen LogP) is 7.88. The van der Waals surface area contributed by atoms with E-state index in [1.54, 1.807) is 6.07 Å². The number of allylic oxidation sites excluding steroid dienone is 1. The molecule has 0 spiro atoms. The van der Waals surface area contributed by atoms with Crippen molar-refractivity contribution in [3.05, 3.63) is 98.5 Å². The number of anilines is 1. The lowest BCUT2D eigenvalue weighted by molar-refractivity contribution is 0.301. The number of fused-ring (bicyclic) bond motifs is 1. The number of benzene rings is 3. The molecule has 1 heterocycles. The van der Waals surface area contributed by atoms with E-state index < -0.39 is 10.0 Å². The molecular weight excluding hydrogens is 566 g/mol. The predicted molar refractivity (Wildman–Crippen MR) is 166 cm³/mol. The molecule has 5 rings (SSSR count). The fourth-order valence-electron chi connectivity index (χ4n) is 6.11. The first kappa shape index (κ1) is 29.1. The van der Waals surface area contributed by atoms with Gasteiger partial charge in [0.15, 0.2) is 0 Å². The molecule has 0 unspecified atom stereocenters. The van der Waals surface area contributed by atoms with Crippen molar-refractivity contribution in [2.45, 2.75) is 38.5 Å². The summed E-state index contributed by atoms with van der Waals surface area (Å²) >= 11 is 13.0. The molecule has 0 saturated carbocycles. The van der Waals surface area contributed by atoms with E-state index in [9.17, 15) is 12.8 Å². The Morgan fingerprint density at radius 2 is 1.77 bits per heavy atom. The number of sulfonamides is 1. The molecule has 1 aliphatic heterocycles. The van der Waals surface area contributed by atoms with Crippen molar-refractivity contribution in [2.75, 3.05) is 37.3 Å². The minimum absolute atomic E-state index is 0.250. The molecular formula is C32H35Cl2FN2O2S. The maximum atomic E-state index is 12.6.